The molecule has 104 valence electrons. The van der Waals surface area contributed by atoms with E-state index in [1.165, 1.54) is 38.5 Å². The van der Waals surface area contributed by atoms with E-state index in [0.717, 1.165) is 0 Å². The van der Waals surface area contributed by atoms with Crippen LogP contribution in [0.1, 0.15) is 59.3 Å². The summed E-state index contributed by atoms with van der Waals surface area (Å²) in [5.74, 6) is 0. The summed E-state index contributed by atoms with van der Waals surface area (Å²) in [6.07, 6.45) is 13.4. The van der Waals surface area contributed by atoms with Crippen LogP contribution in [0.5, 0.6) is 0 Å². The van der Waals surface area contributed by atoms with Gasteiger partial charge in [-0.15, -0.1) is 0 Å². The summed E-state index contributed by atoms with van der Waals surface area (Å²) in [5, 5.41) is 0. The van der Waals surface area contributed by atoms with Crippen LogP contribution in [0.25, 0.3) is 0 Å². The molecule has 0 amide bonds. The Kier molecular flexibility index (Phi) is 24.7. The van der Waals surface area contributed by atoms with Crippen molar-refractivity contribution < 1.29 is 13.9 Å². The fourth-order valence-electron chi connectivity index (χ4n) is 1.66. The number of unbranched alkanes of at least 4 members (excludes halogenated alkanes) is 3. The van der Waals surface area contributed by atoms with Gasteiger partial charge in [0.25, 0.3) is 0 Å². The average Bonchev–Trinajstić information content (AvgIpc) is 2.29. The second-order valence-corrected chi connectivity index (χ2v) is 14.3. The van der Waals surface area contributed by atoms with Crippen LogP contribution in [0.4, 0.5) is 0 Å². The number of hydrogen-bond acceptors (Lipinski definition) is 0. The van der Waals surface area contributed by atoms with Gasteiger partial charge in [0.1, 0.15) is 0 Å². The molecule has 0 heterocycles. The summed E-state index contributed by atoms with van der Waals surface area (Å²) in [6.45, 7) is 6.96. The molecule has 0 aliphatic carbocycles. The molecule has 0 aromatic rings. The first-order valence-electron chi connectivity index (χ1n) is 6.42. The Balaban J connectivity index is 0. The van der Waals surface area contributed by atoms with Crippen molar-refractivity contribution in [1.82, 2.24) is 0 Å². The van der Waals surface area contributed by atoms with Crippen LogP contribution < -0.4 is 0 Å². The van der Waals surface area contributed by atoms with Crippen molar-refractivity contribution in [3.05, 3.63) is 0 Å². The van der Waals surface area contributed by atoms with Crippen molar-refractivity contribution in [2.24, 2.45) is 0 Å². The predicted molar refractivity (Wildman–Crippen MR) is 85.5 cm³/mol. The van der Waals surface area contributed by atoms with Crippen LogP contribution >= 0.6 is 34.8 Å². The summed E-state index contributed by atoms with van der Waals surface area (Å²) in [5.41, 5.74) is 0. The summed E-state index contributed by atoms with van der Waals surface area (Å²) in [6, 6.07) is 0. The van der Waals surface area contributed by atoms with Crippen molar-refractivity contribution >= 4 is 34.8 Å². The summed E-state index contributed by atoms with van der Waals surface area (Å²) in [4.78, 5) is 0. The Morgan fingerprint density at radius 3 is 1.19 bits per heavy atom. The Morgan fingerprint density at radius 1 is 0.750 bits per heavy atom. The fourth-order valence-corrected chi connectivity index (χ4v) is 4.97. The Hall–Kier alpha value is 2.05. The molecule has 0 aliphatic rings. The third-order valence-electron chi connectivity index (χ3n) is 2.65. The van der Waals surface area contributed by atoms with E-state index in [0.29, 0.717) is 13.9 Å². The molecule has 0 fully saturated rings. The van der Waals surface area contributed by atoms with Crippen molar-refractivity contribution in [2.45, 2.75) is 59.3 Å². The zero-order valence-corrected chi connectivity index (χ0v) is 16.7. The van der Waals surface area contributed by atoms with Crippen LogP contribution in [0.2, 0.25) is 0 Å². The molecule has 0 nitrogen and oxygen atoms in total. The second-order valence-electron chi connectivity index (χ2n) is 4.11. The van der Waals surface area contributed by atoms with Gasteiger partial charge >= 0.3 is 40.8 Å². The molecule has 0 bridgehead atoms. The summed E-state index contributed by atoms with van der Waals surface area (Å²) in [7, 11) is 0.0675. The minimum atomic E-state index is 0.0675. The molecule has 0 aromatic carbocycles. The van der Waals surface area contributed by atoms with Gasteiger partial charge in [-0.25, -0.2) is 0 Å². The van der Waals surface area contributed by atoms with Crippen molar-refractivity contribution in [3.63, 3.8) is 0 Å². The van der Waals surface area contributed by atoms with Gasteiger partial charge in [-0.3, -0.25) is 0 Å². The average molecular weight is 470 g/mol. The molecular formula is C12H28Br2PPd+. The molecule has 0 saturated heterocycles. The molecule has 0 aliphatic heterocycles. The van der Waals surface area contributed by atoms with Crippen LogP contribution in [0.15, 0.2) is 0 Å². The van der Waals surface area contributed by atoms with E-state index >= 15 is 0 Å². The third-order valence-corrected chi connectivity index (χ3v) is 5.83. The van der Waals surface area contributed by atoms with Crippen LogP contribution in [-0.4, -0.2) is 18.5 Å². The maximum atomic E-state index is 3.11. The monoisotopic (exact) mass is 467 g/mol. The summed E-state index contributed by atoms with van der Waals surface area (Å²) < 4.78 is 0. The molecule has 0 saturated carbocycles. The van der Waals surface area contributed by atoms with Crippen LogP contribution in [0.3, 0.4) is 0 Å². The van der Waals surface area contributed by atoms with E-state index in [4.69, 9.17) is 0 Å². The maximum absolute atomic E-state index is 3.11. The van der Waals surface area contributed by atoms with Gasteiger partial charge in [-0.2, -0.15) is 0 Å². The quantitative estimate of drug-likeness (QED) is 0.275. The Morgan fingerprint density at radius 2 is 1.00 bits per heavy atom. The molecule has 0 unspecified atom stereocenters. The molecule has 16 heavy (non-hydrogen) atoms. The van der Waals surface area contributed by atoms with E-state index in [1.807, 2.05) is 0 Å². The first kappa shape index (κ1) is 20.4. The van der Waals surface area contributed by atoms with E-state index < -0.39 is 0 Å². The molecule has 0 aromatic heterocycles. The van der Waals surface area contributed by atoms with E-state index in [-0.39, 0.29) is 7.92 Å². The van der Waals surface area contributed by atoms with E-state index in [1.54, 1.807) is 18.5 Å². The van der Waals surface area contributed by atoms with Crippen LogP contribution in [0, 0.1) is 0 Å². The third kappa shape index (κ3) is 18.4. The van der Waals surface area contributed by atoms with Crippen molar-refractivity contribution in [2.75, 3.05) is 18.5 Å². The molecule has 4 heteroatoms. The van der Waals surface area contributed by atoms with E-state index in [2.05, 4.69) is 47.6 Å². The van der Waals surface area contributed by atoms with E-state index in [9.17, 15) is 0 Å². The topological polar surface area (TPSA) is 0 Å². The van der Waals surface area contributed by atoms with Crippen molar-refractivity contribution in [1.29, 1.82) is 0 Å². The van der Waals surface area contributed by atoms with Gasteiger partial charge in [0.2, 0.25) is 0 Å². The SMILES string of the molecule is CCCC[PH+](CCCC)CCCC.[Br][Pd][Br]. The number of hydrogen-bond donors (Lipinski definition) is 0. The van der Waals surface area contributed by atoms with Gasteiger partial charge in [0.05, 0.1) is 18.5 Å². The normalized spacial score (nSPS) is 10.4. The first-order valence-corrected chi connectivity index (χ1v) is 15.7. The molecule has 0 N–H and O–H groups in total. The molecule has 0 radical (unpaired) electrons. The van der Waals surface area contributed by atoms with Crippen molar-refractivity contribution in [3.8, 4) is 0 Å². The summed E-state index contributed by atoms with van der Waals surface area (Å²) >= 11 is 6.80. The minimum absolute atomic E-state index is 0.0675. The standard InChI is InChI=1S/C12H27P.2BrH.Pd/c1-4-7-10-13(11-8-5-2)12-9-6-3;;;/h4-12H2,1-3H3;2*1H;/q;;;+2/p-1. The van der Waals surface area contributed by atoms with Gasteiger partial charge in [-0.05, 0) is 19.3 Å². The molecule has 0 spiro atoms. The first-order chi connectivity index (χ1) is 7.76. The zero-order valence-electron chi connectivity index (χ0n) is 10.9. The number of halogens is 2. The van der Waals surface area contributed by atoms with Gasteiger partial charge < -0.3 is 0 Å². The Labute approximate surface area is 125 Å². The van der Waals surface area contributed by atoms with Crippen LogP contribution in [-0.2, 0) is 13.9 Å². The fraction of sp³-hybridized carbons (Fsp3) is 1.00. The Bertz CT molecular complexity index is 96.2. The van der Waals surface area contributed by atoms with Gasteiger partial charge in [-0.1, -0.05) is 40.0 Å². The molecular weight excluding hydrogens is 441 g/mol. The predicted octanol–water partition coefficient (Wildman–Crippen LogP) is 6.29. The van der Waals surface area contributed by atoms with Gasteiger partial charge in [0, 0.05) is 7.92 Å². The zero-order chi connectivity index (χ0) is 12.6. The molecule has 0 atom stereocenters. The molecule has 0 rings (SSSR count). The second kappa shape index (κ2) is 19.4. The number of rotatable bonds is 9. The van der Waals surface area contributed by atoms with Gasteiger partial charge in [0.15, 0.2) is 0 Å².